The maximum atomic E-state index is 12.4. The second kappa shape index (κ2) is 9.31. The van der Waals surface area contributed by atoms with E-state index in [-0.39, 0.29) is 25.0 Å². The van der Waals surface area contributed by atoms with Crippen molar-refractivity contribution in [2.75, 3.05) is 13.1 Å². The first-order valence-electron chi connectivity index (χ1n) is 8.76. The molecule has 3 aromatic rings. The van der Waals surface area contributed by atoms with Crippen LogP contribution in [0.1, 0.15) is 32.4 Å². The lowest BCUT2D eigenvalue weighted by molar-refractivity contribution is 0.0925. The molecule has 2 amide bonds. The van der Waals surface area contributed by atoms with Crippen LogP contribution in [0.2, 0.25) is 0 Å². The van der Waals surface area contributed by atoms with E-state index in [4.69, 9.17) is 9.26 Å². The molecule has 0 radical (unpaired) electrons. The first kappa shape index (κ1) is 19.1. The third-order valence-electron chi connectivity index (χ3n) is 3.79. The van der Waals surface area contributed by atoms with Crippen LogP contribution in [-0.4, -0.2) is 35.0 Å². The summed E-state index contributed by atoms with van der Waals surface area (Å²) in [4.78, 5) is 28.5. The van der Waals surface area contributed by atoms with Crippen LogP contribution in [0.25, 0.3) is 0 Å². The molecule has 0 spiro atoms. The predicted octanol–water partition coefficient (Wildman–Crippen LogP) is 2.12. The summed E-state index contributed by atoms with van der Waals surface area (Å²) in [5.74, 6) is 0.775. The lowest BCUT2D eigenvalue weighted by atomic mass is 10.2. The maximum Gasteiger partial charge on any atom is 0.255 e. The summed E-state index contributed by atoms with van der Waals surface area (Å²) < 4.78 is 10.5. The molecule has 1 aromatic heterocycles. The molecule has 0 unspecified atom stereocenters. The summed E-state index contributed by atoms with van der Waals surface area (Å²) in [5, 5.41) is 9.28. The molecular weight excluding hydrogens is 360 g/mol. The monoisotopic (exact) mass is 380 g/mol. The lowest BCUT2D eigenvalue weighted by Gasteiger charge is -2.11. The van der Waals surface area contributed by atoms with Gasteiger partial charge in [-0.3, -0.25) is 9.59 Å². The van der Waals surface area contributed by atoms with Crippen molar-refractivity contribution in [3.8, 4) is 5.75 Å². The molecule has 0 fully saturated rings. The summed E-state index contributed by atoms with van der Waals surface area (Å²) in [6, 6.07) is 15.8. The number of aromatic nitrogens is 2. The van der Waals surface area contributed by atoms with Gasteiger partial charge < -0.3 is 19.9 Å². The van der Waals surface area contributed by atoms with Gasteiger partial charge in [0.25, 0.3) is 11.8 Å². The minimum atomic E-state index is -0.297. The van der Waals surface area contributed by atoms with Crippen molar-refractivity contribution in [3.63, 3.8) is 0 Å². The smallest absolute Gasteiger partial charge is 0.255 e. The van der Waals surface area contributed by atoms with Crippen LogP contribution >= 0.6 is 0 Å². The molecule has 1 heterocycles. The minimum Gasteiger partial charge on any atom is -0.485 e. The largest absolute Gasteiger partial charge is 0.485 e. The molecule has 2 aromatic carbocycles. The Kier molecular flexibility index (Phi) is 6.35. The molecule has 0 saturated heterocycles. The molecule has 28 heavy (non-hydrogen) atoms. The fourth-order valence-electron chi connectivity index (χ4n) is 2.46. The third kappa shape index (κ3) is 5.16. The molecule has 0 bridgehead atoms. The van der Waals surface area contributed by atoms with E-state index in [0.29, 0.717) is 35.1 Å². The molecule has 8 heteroatoms. The molecule has 8 nitrogen and oxygen atoms in total. The summed E-state index contributed by atoms with van der Waals surface area (Å²) in [7, 11) is 0. The first-order chi connectivity index (χ1) is 13.6. The Morgan fingerprint density at radius 3 is 2.36 bits per heavy atom. The van der Waals surface area contributed by atoms with Gasteiger partial charge in [-0.25, -0.2) is 0 Å². The Labute approximate surface area is 161 Å². The molecule has 0 aliphatic carbocycles. The number of hydrogen-bond acceptors (Lipinski definition) is 6. The number of nitrogens with one attached hydrogen (secondary N) is 2. The highest BCUT2D eigenvalue weighted by Gasteiger charge is 2.13. The van der Waals surface area contributed by atoms with E-state index in [1.807, 2.05) is 6.07 Å². The van der Waals surface area contributed by atoms with Crippen molar-refractivity contribution in [1.29, 1.82) is 0 Å². The highest BCUT2D eigenvalue weighted by molar-refractivity contribution is 5.97. The number of nitrogens with zero attached hydrogens (tertiary/aromatic N) is 2. The SMILES string of the molecule is Cc1nc(COc2ccccc2C(=O)NCCNC(=O)c2ccccc2)no1. The van der Waals surface area contributed by atoms with Crippen LogP contribution in [0.4, 0.5) is 0 Å². The third-order valence-corrected chi connectivity index (χ3v) is 3.79. The molecule has 2 N–H and O–H groups in total. The molecule has 144 valence electrons. The molecule has 3 rings (SSSR count). The van der Waals surface area contributed by atoms with Crippen LogP contribution < -0.4 is 15.4 Å². The Bertz CT molecular complexity index is 940. The quantitative estimate of drug-likeness (QED) is 0.580. The van der Waals surface area contributed by atoms with Crippen molar-refractivity contribution < 1.29 is 18.8 Å². The fraction of sp³-hybridized carbons (Fsp3) is 0.200. The predicted molar refractivity (Wildman–Crippen MR) is 101 cm³/mol. The van der Waals surface area contributed by atoms with Gasteiger partial charge in [-0.05, 0) is 24.3 Å². The lowest BCUT2D eigenvalue weighted by Crippen LogP contribution is -2.34. The van der Waals surface area contributed by atoms with Gasteiger partial charge >= 0.3 is 0 Å². The number of ether oxygens (including phenoxy) is 1. The Morgan fingerprint density at radius 2 is 1.64 bits per heavy atom. The Morgan fingerprint density at radius 1 is 0.964 bits per heavy atom. The number of amides is 2. The van der Waals surface area contributed by atoms with Crippen molar-refractivity contribution in [2.24, 2.45) is 0 Å². The van der Waals surface area contributed by atoms with Crippen molar-refractivity contribution >= 4 is 11.8 Å². The summed E-state index contributed by atoms with van der Waals surface area (Å²) >= 11 is 0. The second-order valence-corrected chi connectivity index (χ2v) is 5.89. The number of rotatable bonds is 8. The number of carbonyl (C=O) groups excluding carboxylic acids is 2. The van der Waals surface area contributed by atoms with Gasteiger partial charge in [0.2, 0.25) is 11.7 Å². The summed E-state index contributed by atoms with van der Waals surface area (Å²) in [6.07, 6.45) is 0. The normalized spacial score (nSPS) is 10.3. The average molecular weight is 380 g/mol. The fourth-order valence-corrected chi connectivity index (χ4v) is 2.46. The molecular formula is C20H20N4O4. The standard InChI is InChI=1S/C20H20N4O4/c1-14-23-18(24-28-14)13-27-17-10-6-5-9-16(17)20(26)22-12-11-21-19(25)15-7-3-2-4-8-15/h2-10H,11-13H2,1H3,(H,21,25)(H,22,26). The zero-order valence-corrected chi connectivity index (χ0v) is 15.3. The maximum absolute atomic E-state index is 12.4. The first-order valence-corrected chi connectivity index (χ1v) is 8.76. The van der Waals surface area contributed by atoms with E-state index in [0.717, 1.165) is 0 Å². The van der Waals surface area contributed by atoms with Gasteiger partial charge in [-0.15, -0.1) is 0 Å². The zero-order chi connectivity index (χ0) is 19.8. The van der Waals surface area contributed by atoms with Gasteiger partial charge in [-0.1, -0.05) is 35.5 Å². The Balaban J connectivity index is 1.49. The van der Waals surface area contributed by atoms with Gasteiger partial charge in [0.05, 0.1) is 5.56 Å². The van der Waals surface area contributed by atoms with Crippen LogP contribution in [-0.2, 0) is 6.61 Å². The number of aryl methyl sites for hydroxylation is 1. The minimum absolute atomic E-state index is 0.0920. The van der Waals surface area contributed by atoms with E-state index < -0.39 is 0 Å². The topological polar surface area (TPSA) is 106 Å². The van der Waals surface area contributed by atoms with Gasteiger partial charge in [0.15, 0.2) is 6.61 Å². The van der Waals surface area contributed by atoms with Gasteiger partial charge in [0, 0.05) is 25.6 Å². The molecule has 0 saturated carbocycles. The van der Waals surface area contributed by atoms with Crippen molar-refractivity contribution in [2.45, 2.75) is 13.5 Å². The number of hydrogen-bond donors (Lipinski definition) is 2. The van der Waals surface area contributed by atoms with E-state index in [1.165, 1.54) is 0 Å². The van der Waals surface area contributed by atoms with Crippen LogP contribution in [0, 0.1) is 6.92 Å². The van der Waals surface area contributed by atoms with Gasteiger partial charge in [-0.2, -0.15) is 4.98 Å². The molecule has 0 atom stereocenters. The zero-order valence-electron chi connectivity index (χ0n) is 15.3. The van der Waals surface area contributed by atoms with Crippen LogP contribution in [0.5, 0.6) is 5.75 Å². The van der Waals surface area contributed by atoms with E-state index in [9.17, 15) is 9.59 Å². The number of carbonyl (C=O) groups is 2. The van der Waals surface area contributed by atoms with E-state index in [1.54, 1.807) is 55.5 Å². The average Bonchev–Trinajstić information content (AvgIpc) is 3.15. The van der Waals surface area contributed by atoms with Crippen molar-refractivity contribution in [1.82, 2.24) is 20.8 Å². The number of benzene rings is 2. The highest BCUT2D eigenvalue weighted by atomic mass is 16.5. The highest BCUT2D eigenvalue weighted by Crippen LogP contribution is 2.18. The number of para-hydroxylation sites is 1. The second-order valence-electron chi connectivity index (χ2n) is 5.89. The van der Waals surface area contributed by atoms with E-state index in [2.05, 4.69) is 20.8 Å². The molecule has 0 aliphatic heterocycles. The summed E-state index contributed by atoms with van der Waals surface area (Å²) in [5.41, 5.74) is 0.960. The molecule has 0 aliphatic rings. The van der Waals surface area contributed by atoms with Crippen molar-refractivity contribution in [3.05, 3.63) is 77.4 Å². The van der Waals surface area contributed by atoms with Gasteiger partial charge in [0.1, 0.15) is 5.75 Å². The van der Waals surface area contributed by atoms with Crippen LogP contribution in [0.3, 0.4) is 0 Å². The Hall–Kier alpha value is -3.68. The summed E-state index contributed by atoms with van der Waals surface area (Å²) in [6.45, 7) is 2.38. The van der Waals surface area contributed by atoms with Crippen LogP contribution in [0.15, 0.2) is 59.1 Å². The van der Waals surface area contributed by atoms with E-state index >= 15 is 0 Å².